The van der Waals surface area contributed by atoms with Crippen molar-refractivity contribution in [3.63, 3.8) is 0 Å². The summed E-state index contributed by atoms with van der Waals surface area (Å²) in [7, 11) is 0. The predicted octanol–water partition coefficient (Wildman–Crippen LogP) is 4.61. The third-order valence-electron chi connectivity index (χ3n) is 5.43. The van der Waals surface area contributed by atoms with Crippen LogP contribution in [0.5, 0.6) is 11.6 Å². The molecule has 34 heavy (non-hydrogen) atoms. The molecule has 0 aliphatic rings. The van der Waals surface area contributed by atoms with Gasteiger partial charge in [-0.05, 0) is 48.2 Å². The SMILES string of the molecule is CC(C)(CC(O)(CNc1cccc2nc(OC(N)=O)ccc12)C(F)(F)F)c1cc(F)ccc1O. The largest absolute Gasteiger partial charge is 0.508 e. The number of hydrogen-bond acceptors (Lipinski definition) is 6. The second-order valence-corrected chi connectivity index (χ2v) is 8.55. The van der Waals surface area contributed by atoms with Gasteiger partial charge in [-0.3, -0.25) is 0 Å². The number of aromatic hydroxyl groups is 1. The third-order valence-corrected chi connectivity index (χ3v) is 5.43. The summed E-state index contributed by atoms with van der Waals surface area (Å²) >= 11 is 0. The first-order valence-electron chi connectivity index (χ1n) is 10.1. The number of ether oxygens (including phenoxy) is 1. The van der Waals surface area contributed by atoms with Crippen molar-refractivity contribution in [2.45, 2.75) is 37.5 Å². The van der Waals surface area contributed by atoms with Gasteiger partial charge in [0.2, 0.25) is 5.88 Å². The number of aromatic nitrogens is 1. The van der Waals surface area contributed by atoms with Crippen molar-refractivity contribution in [3.05, 3.63) is 59.9 Å². The minimum Gasteiger partial charge on any atom is -0.508 e. The van der Waals surface area contributed by atoms with Crippen molar-refractivity contribution in [2.24, 2.45) is 5.73 Å². The second-order valence-electron chi connectivity index (χ2n) is 8.55. The average molecular weight is 481 g/mol. The van der Waals surface area contributed by atoms with Crippen LogP contribution < -0.4 is 15.8 Å². The molecular formula is C23H23F4N3O4. The van der Waals surface area contributed by atoms with Crippen LogP contribution >= 0.6 is 0 Å². The van der Waals surface area contributed by atoms with Gasteiger partial charge in [0.1, 0.15) is 11.6 Å². The molecule has 3 aromatic rings. The number of hydrogen-bond donors (Lipinski definition) is 4. The van der Waals surface area contributed by atoms with E-state index in [1.165, 1.54) is 38.1 Å². The molecule has 1 atom stereocenters. The van der Waals surface area contributed by atoms with Crippen LogP contribution in [0.15, 0.2) is 48.5 Å². The highest BCUT2D eigenvalue weighted by molar-refractivity contribution is 5.91. The highest BCUT2D eigenvalue weighted by Crippen LogP contribution is 2.43. The first-order valence-corrected chi connectivity index (χ1v) is 10.1. The number of benzene rings is 2. The van der Waals surface area contributed by atoms with Crippen molar-refractivity contribution in [1.29, 1.82) is 0 Å². The maximum Gasteiger partial charge on any atom is 0.418 e. The van der Waals surface area contributed by atoms with E-state index >= 15 is 0 Å². The number of pyridine rings is 1. The van der Waals surface area contributed by atoms with Gasteiger partial charge in [0.25, 0.3) is 0 Å². The van der Waals surface area contributed by atoms with Gasteiger partial charge in [0, 0.05) is 22.7 Å². The zero-order valence-corrected chi connectivity index (χ0v) is 18.3. The molecule has 0 saturated carbocycles. The van der Waals surface area contributed by atoms with Crippen molar-refractivity contribution in [2.75, 3.05) is 11.9 Å². The fourth-order valence-corrected chi connectivity index (χ4v) is 3.83. The quantitative estimate of drug-likeness (QED) is 0.366. The van der Waals surface area contributed by atoms with Gasteiger partial charge in [0.15, 0.2) is 5.60 Å². The number of carbonyl (C=O) groups excluding carboxylic acids is 1. The van der Waals surface area contributed by atoms with Gasteiger partial charge >= 0.3 is 12.3 Å². The highest BCUT2D eigenvalue weighted by atomic mass is 19.4. The third kappa shape index (κ3) is 5.30. The van der Waals surface area contributed by atoms with Crippen molar-refractivity contribution < 1.29 is 37.3 Å². The van der Waals surface area contributed by atoms with E-state index < -0.39 is 42.1 Å². The molecule has 0 aliphatic carbocycles. The van der Waals surface area contributed by atoms with Gasteiger partial charge in [-0.25, -0.2) is 14.2 Å². The summed E-state index contributed by atoms with van der Waals surface area (Å²) in [5.74, 6) is -1.18. The molecule has 0 saturated heterocycles. The van der Waals surface area contributed by atoms with E-state index in [1.54, 1.807) is 6.07 Å². The summed E-state index contributed by atoms with van der Waals surface area (Å²) in [6.45, 7) is 1.81. The molecule has 0 fully saturated rings. The van der Waals surface area contributed by atoms with Crippen LogP contribution in [0.3, 0.4) is 0 Å². The van der Waals surface area contributed by atoms with E-state index in [4.69, 9.17) is 10.5 Å². The van der Waals surface area contributed by atoms with Gasteiger partial charge < -0.3 is 26.0 Å². The van der Waals surface area contributed by atoms with E-state index in [2.05, 4.69) is 10.3 Å². The zero-order valence-electron chi connectivity index (χ0n) is 18.3. The number of amides is 1. The summed E-state index contributed by atoms with van der Waals surface area (Å²) in [6.07, 6.45) is -6.98. The maximum absolute atomic E-state index is 14.0. The Kier molecular flexibility index (Phi) is 6.61. The van der Waals surface area contributed by atoms with E-state index in [0.29, 0.717) is 10.9 Å². The summed E-state index contributed by atoms with van der Waals surface area (Å²) in [5.41, 5.74) is 0.766. The van der Waals surface area contributed by atoms with Crippen LogP contribution in [-0.2, 0) is 5.41 Å². The molecule has 0 aliphatic heterocycles. The summed E-state index contributed by atoms with van der Waals surface area (Å²) in [5, 5.41) is 23.8. The normalized spacial score (nSPS) is 14.0. The van der Waals surface area contributed by atoms with Crippen LogP contribution in [0, 0.1) is 5.82 Å². The number of anilines is 1. The van der Waals surface area contributed by atoms with Gasteiger partial charge in [-0.1, -0.05) is 19.9 Å². The number of nitrogens with one attached hydrogen (secondary N) is 1. The lowest BCUT2D eigenvalue weighted by Crippen LogP contribution is -2.53. The molecule has 1 amide bonds. The Morgan fingerprint density at radius 1 is 1.15 bits per heavy atom. The van der Waals surface area contributed by atoms with Gasteiger partial charge in [-0.15, -0.1) is 0 Å². The molecule has 5 N–H and O–H groups in total. The van der Waals surface area contributed by atoms with Crippen LogP contribution in [0.2, 0.25) is 0 Å². The maximum atomic E-state index is 14.0. The average Bonchev–Trinajstić information content (AvgIpc) is 2.72. The van der Waals surface area contributed by atoms with Crippen LogP contribution in [0.1, 0.15) is 25.8 Å². The summed E-state index contributed by atoms with van der Waals surface area (Å²) in [4.78, 5) is 15.0. The molecule has 3 rings (SSSR count). The van der Waals surface area contributed by atoms with E-state index in [1.807, 2.05) is 0 Å². The Labute approximate surface area is 192 Å². The predicted molar refractivity (Wildman–Crippen MR) is 117 cm³/mol. The van der Waals surface area contributed by atoms with E-state index in [9.17, 15) is 32.6 Å². The number of aliphatic hydroxyl groups is 1. The molecule has 0 spiro atoms. The Morgan fingerprint density at radius 2 is 1.85 bits per heavy atom. The molecular weight excluding hydrogens is 458 g/mol. The number of phenols is 1. The molecule has 0 bridgehead atoms. The fourth-order valence-electron chi connectivity index (χ4n) is 3.83. The lowest BCUT2D eigenvalue weighted by atomic mass is 9.74. The lowest BCUT2D eigenvalue weighted by molar-refractivity contribution is -0.260. The number of fused-ring (bicyclic) bond motifs is 1. The number of carbonyl (C=O) groups is 1. The smallest absolute Gasteiger partial charge is 0.418 e. The van der Waals surface area contributed by atoms with Crippen molar-refractivity contribution in [3.8, 4) is 11.6 Å². The lowest BCUT2D eigenvalue weighted by Gasteiger charge is -2.38. The van der Waals surface area contributed by atoms with Crippen LogP contribution in [-0.4, -0.2) is 39.6 Å². The Hall–Kier alpha value is -3.60. The molecule has 1 heterocycles. The number of rotatable bonds is 7. The number of halogens is 4. The molecule has 0 radical (unpaired) electrons. The number of nitrogens with zero attached hydrogens (tertiary/aromatic N) is 1. The molecule has 7 nitrogen and oxygen atoms in total. The minimum atomic E-state index is -5.05. The van der Waals surface area contributed by atoms with E-state index in [-0.39, 0.29) is 22.9 Å². The van der Waals surface area contributed by atoms with Crippen LogP contribution in [0.4, 0.5) is 28.0 Å². The molecule has 11 heteroatoms. The monoisotopic (exact) mass is 481 g/mol. The second kappa shape index (κ2) is 8.98. The van der Waals surface area contributed by atoms with Crippen LogP contribution in [0.25, 0.3) is 10.9 Å². The summed E-state index contributed by atoms with van der Waals surface area (Å²) in [6, 6.07) is 10.4. The Morgan fingerprint density at radius 3 is 2.50 bits per heavy atom. The topological polar surface area (TPSA) is 118 Å². The van der Waals surface area contributed by atoms with Crippen molar-refractivity contribution in [1.82, 2.24) is 4.98 Å². The Bertz CT molecular complexity index is 1220. The molecule has 182 valence electrons. The fraction of sp³-hybridized carbons (Fsp3) is 0.304. The summed E-state index contributed by atoms with van der Waals surface area (Å²) < 4.78 is 60.5. The number of primary amides is 1. The first-order chi connectivity index (χ1) is 15.7. The van der Waals surface area contributed by atoms with Gasteiger partial charge in [0.05, 0.1) is 12.1 Å². The minimum absolute atomic E-state index is 0.0634. The van der Waals surface area contributed by atoms with Gasteiger partial charge in [-0.2, -0.15) is 13.2 Å². The zero-order chi connectivity index (χ0) is 25.3. The van der Waals surface area contributed by atoms with E-state index in [0.717, 1.165) is 18.2 Å². The first kappa shape index (κ1) is 25.0. The molecule has 1 aromatic heterocycles. The number of alkyl halides is 3. The standard InChI is InChI=1S/C23H23F4N3O4/c1-21(2,15-10-13(24)6-8-18(15)31)11-22(33,23(25,26)27)12-29-16-4-3-5-17-14(16)7-9-19(30-17)34-20(28)32/h3-10,29,31,33H,11-12H2,1-2H3,(H2,28,32). The Balaban J connectivity index is 1.90. The number of nitrogens with two attached hydrogens (primary N) is 1. The molecule has 1 unspecified atom stereocenters. The highest BCUT2D eigenvalue weighted by Gasteiger charge is 2.56. The molecule has 2 aromatic carbocycles. The number of phenolic OH excluding ortho intramolecular Hbond substituents is 1. The van der Waals surface area contributed by atoms with Crippen molar-refractivity contribution >= 4 is 22.7 Å².